The van der Waals surface area contributed by atoms with Gasteiger partial charge in [0.2, 0.25) is 0 Å². The first-order valence-corrected chi connectivity index (χ1v) is 9.62. The van der Waals surface area contributed by atoms with Crippen LogP contribution >= 0.6 is 7.26 Å². The molecule has 0 spiro atoms. The topological polar surface area (TPSA) is 0 Å². The molecule has 0 rings (SSSR count). The zero-order valence-electron chi connectivity index (χ0n) is 11.9. The van der Waals surface area contributed by atoms with Gasteiger partial charge in [0.25, 0.3) is 0 Å². The summed E-state index contributed by atoms with van der Waals surface area (Å²) in [7, 11) is -0.526. The molecule has 0 heterocycles. The summed E-state index contributed by atoms with van der Waals surface area (Å²) >= 11 is 0. The Morgan fingerprint density at radius 2 is 1.00 bits per heavy atom. The van der Waals surface area contributed by atoms with Crippen molar-refractivity contribution >= 4 is 7.26 Å². The van der Waals surface area contributed by atoms with Crippen LogP contribution in [0.1, 0.15) is 66.2 Å². The van der Waals surface area contributed by atoms with Crippen molar-refractivity contribution in [3.05, 3.63) is 0 Å². The largest absolute Gasteiger partial charge is 1.00 e. The van der Waals surface area contributed by atoms with Crippen molar-refractivity contribution in [3.63, 3.8) is 0 Å². The molecule has 0 amide bonds. The summed E-state index contributed by atoms with van der Waals surface area (Å²) < 4.78 is 0. The standard InChI is InChI=1S/C14H32P.HI/c1-5-9-10-14-15(11-6-2,12-7-3)13-8-4;/h5-14H2,1-4H3;1H/q+1;/p-1. The molecule has 2 heteroatoms. The van der Waals surface area contributed by atoms with Gasteiger partial charge in [0.15, 0.2) is 0 Å². The maximum absolute atomic E-state index is 2.37. The minimum absolute atomic E-state index is 0. The molecule has 0 bridgehead atoms. The smallest absolute Gasteiger partial charge is 0.0594 e. The number of halogens is 1. The van der Waals surface area contributed by atoms with Crippen LogP contribution < -0.4 is 24.0 Å². The Bertz CT molecular complexity index is 120. The monoisotopic (exact) mass is 358 g/mol. The minimum atomic E-state index is -0.526. The summed E-state index contributed by atoms with van der Waals surface area (Å²) in [6.07, 6.45) is 14.9. The van der Waals surface area contributed by atoms with E-state index in [9.17, 15) is 0 Å². The van der Waals surface area contributed by atoms with Crippen LogP contribution in [0.3, 0.4) is 0 Å². The lowest BCUT2D eigenvalue weighted by Crippen LogP contribution is -3.00. The average molecular weight is 358 g/mol. The summed E-state index contributed by atoms with van der Waals surface area (Å²) in [6.45, 7) is 9.44. The Morgan fingerprint density at radius 3 is 1.31 bits per heavy atom. The van der Waals surface area contributed by atoms with E-state index in [1.807, 2.05) is 0 Å². The lowest BCUT2D eigenvalue weighted by atomic mass is 10.3. The van der Waals surface area contributed by atoms with Gasteiger partial charge in [-0.15, -0.1) is 0 Å². The predicted octanol–water partition coefficient (Wildman–Crippen LogP) is 2.43. The van der Waals surface area contributed by atoms with Crippen molar-refractivity contribution in [1.82, 2.24) is 0 Å². The van der Waals surface area contributed by atoms with Crippen LogP contribution in [0.25, 0.3) is 0 Å². The van der Waals surface area contributed by atoms with Crippen LogP contribution in [0.5, 0.6) is 0 Å². The van der Waals surface area contributed by atoms with Gasteiger partial charge in [-0.1, -0.05) is 40.5 Å². The molecule has 0 aliphatic rings. The molecule has 0 aliphatic carbocycles. The fourth-order valence-corrected chi connectivity index (χ4v) is 7.87. The van der Waals surface area contributed by atoms with E-state index >= 15 is 0 Å². The van der Waals surface area contributed by atoms with Gasteiger partial charge in [0, 0.05) is 7.26 Å². The summed E-state index contributed by atoms with van der Waals surface area (Å²) in [4.78, 5) is 0. The maximum Gasteiger partial charge on any atom is 0.0594 e. The molecule has 0 N–H and O–H groups in total. The average Bonchev–Trinajstić information content (AvgIpc) is 2.19. The first-order valence-electron chi connectivity index (χ1n) is 7.09. The quantitative estimate of drug-likeness (QED) is 0.320. The number of unbranched alkanes of at least 4 members (excludes halogenated alkanes) is 2. The molecular formula is C14H32IP. The van der Waals surface area contributed by atoms with E-state index in [0.29, 0.717) is 0 Å². The summed E-state index contributed by atoms with van der Waals surface area (Å²) in [5.74, 6) is 0. The highest BCUT2D eigenvalue weighted by Crippen LogP contribution is 2.60. The van der Waals surface area contributed by atoms with E-state index in [1.165, 1.54) is 38.5 Å². The number of hydrogen-bond acceptors (Lipinski definition) is 0. The van der Waals surface area contributed by atoms with Crippen molar-refractivity contribution in [2.75, 3.05) is 24.6 Å². The fourth-order valence-electron chi connectivity index (χ4n) is 2.79. The normalized spacial score (nSPS) is 11.2. The van der Waals surface area contributed by atoms with Crippen LogP contribution in [0.4, 0.5) is 0 Å². The highest BCUT2D eigenvalue weighted by molar-refractivity contribution is 7.75. The highest BCUT2D eigenvalue weighted by atomic mass is 127. The Morgan fingerprint density at radius 1 is 0.562 bits per heavy atom. The molecule has 16 heavy (non-hydrogen) atoms. The third kappa shape index (κ3) is 8.28. The van der Waals surface area contributed by atoms with Crippen LogP contribution in [0.15, 0.2) is 0 Å². The van der Waals surface area contributed by atoms with Gasteiger partial charge in [0.05, 0.1) is 24.6 Å². The highest BCUT2D eigenvalue weighted by Gasteiger charge is 2.33. The van der Waals surface area contributed by atoms with Crippen LogP contribution in [0, 0.1) is 0 Å². The molecule has 100 valence electrons. The van der Waals surface area contributed by atoms with E-state index in [1.54, 1.807) is 24.6 Å². The summed E-state index contributed by atoms with van der Waals surface area (Å²) in [5, 5.41) is 0. The Hall–Kier alpha value is 1.16. The number of hydrogen-bond donors (Lipinski definition) is 0. The van der Waals surface area contributed by atoms with Crippen LogP contribution in [0.2, 0.25) is 0 Å². The Balaban J connectivity index is 0. The second kappa shape index (κ2) is 12.6. The van der Waals surface area contributed by atoms with Crippen molar-refractivity contribution in [2.24, 2.45) is 0 Å². The zero-order valence-corrected chi connectivity index (χ0v) is 14.9. The van der Waals surface area contributed by atoms with E-state index < -0.39 is 7.26 Å². The fraction of sp³-hybridized carbons (Fsp3) is 1.00. The molecule has 0 fully saturated rings. The molecule has 0 nitrogen and oxygen atoms in total. The van der Waals surface area contributed by atoms with Gasteiger partial charge < -0.3 is 24.0 Å². The molecule has 0 saturated carbocycles. The Kier molecular flexibility index (Phi) is 15.4. The van der Waals surface area contributed by atoms with E-state index in [4.69, 9.17) is 0 Å². The first-order chi connectivity index (χ1) is 7.24. The van der Waals surface area contributed by atoms with Gasteiger partial charge in [-0.25, -0.2) is 0 Å². The third-order valence-electron chi connectivity index (χ3n) is 3.33. The molecule has 0 saturated heterocycles. The van der Waals surface area contributed by atoms with Gasteiger partial charge in [-0.3, -0.25) is 0 Å². The van der Waals surface area contributed by atoms with Gasteiger partial charge in [-0.05, 0) is 25.7 Å². The molecule has 0 aliphatic heterocycles. The SMILES string of the molecule is CCCCC[P+](CCC)(CCC)CCC.[I-]. The van der Waals surface area contributed by atoms with Crippen molar-refractivity contribution in [2.45, 2.75) is 66.2 Å². The summed E-state index contributed by atoms with van der Waals surface area (Å²) in [5.41, 5.74) is 0. The Labute approximate surface area is 122 Å². The van der Waals surface area contributed by atoms with E-state index in [-0.39, 0.29) is 24.0 Å². The van der Waals surface area contributed by atoms with Gasteiger partial charge in [0.1, 0.15) is 0 Å². The molecule has 0 atom stereocenters. The second-order valence-electron chi connectivity index (χ2n) is 4.94. The summed E-state index contributed by atoms with van der Waals surface area (Å²) in [6, 6.07) is 0. The van der Waals surface area contributed by atoms with Crippen LogP contribution in [-0.4, -0.2) is 24.6 Å². The lowest BCUT2D eigenvalue weighted by molar-refractivity contribution is -0.00000362. The van der Waals surface area contributed by atoms with Crippen molar-refractivity contribution in [1.29, 1.82) is 0 Å². The van der Waals surface area contributed by atoms with Gasteiger partial charge >= 0.3 is 0 Å². The predicted molar refractivity (Wildman–Crippen MR) is 76.8 cm³/mol. The molecule has 0 unspecified atom stereocenters. The maximum atomic E-state index is 2.37. The third-order valence-corrected chi connectivity index (χ3v) is 8.78. The van der Waals surface area contributed by atoms with Crippen LogP contribution in [-0.2, 0) is 0 Å². The number of rotatable bonds is 10. The lowest BCUT2D eigenvalue weighted by Gasteiger charge is -2.26. The van der Waals surface area contributed by atoms with E-state index in [2.05, 4.69) is 27.7 Å². The first kappa shape index (κ1) is 19.5. The van der Waals surface area contributed by atoms with Crippen molar-refractivity contribution < 1.29 is 24.0 Å². The molecule has 0 aromatic carbocycles. The molecule has 0 radical (unpaired) electrons. The second-order valence-corrected chi connectivity index (χ2v) is 9.42. The van der Waals surface area contributed by atoms with E-state index in [0.717, 1.165) is 0 Å². The zero-order chi connectivity index (χ0) is 11.6. The molecule has 0 aromatic rings. The van der Waals surface area contributed by atoms with Gasteiger partial charge in [-0.2, -0.15) is 0 Å². The minimum Gasteiger partial charge on any atom is -1.00 e. The molecular weight excluding hydrogens is 326 g/mol. The van der Waals surface area contributed by atoms with Crippen molar-refractivity contribution in [3.8, 4) is 0 Å². The molecule has 0 aromatic heterocycles.